The first-order chi connectivity index (χ1) is 19.7. The first-order valence-corrected chi connectivity index (χ1v) is 14.4. The van der Waals surface area contributed by atoms with Crippen LogP contribution in [0.1, 0.15) is 80.2 Å². The molecule has 1 N–H and O–H groups in total. The molecule has 9 heteroatoms. The second-order valence-electron chi connectivity index (χ2n) is 11.0. The van der Waals surface area contributed by atoms with Crippen LogP contribution in [0, 0.1) is 40.6 Å². The predicted octanol–water partition coefficient (Wildman–Crippen LogP) is 8.67. The summed E-state index contributed by atoms with van der Waals surface area (Å²) in [5.41, 5.74) is 1.69. The summed E-state index contributed by atoms with van der Waals surface area (Å²) < 4.78 is 64.6. The topological polar surface area (TPSA) is 63.2 Å². The molecule has 1 amide bonds. The molecule has 2 saturated carbocycles. The minimum absolute atomic E-state index is 0.185. The minimum Gasteiger partial charge on any atom is -0.351 e. The molecule has 4 nitrogen and oxygen atoms in total. The normalized spacial score (nSPS) is 19.7. The second kappa shape index (κ2) is 19.2. The molecule has 0 aliphatic heterocycles. The van der Waals surface area contributed by atoms with E-state index in [1.165, 1.54) is 52.2 Å². The molecular weight excluding hydrogens is 553 g/mol. The number of alkyl halides is 2. The second-order valence-corrected chi connectivity index (χ2v) is 11.0. The van der Waals surface area contributed by atoms with E-state index in [9.17, 15) is 22.4 Å². The average molecular weight is 600 g/mol. The molecule has 4 rings (SSSR count). The summed E-state index contributed by atoms with van der Waals surface area (Å²) >= 11 is 0. The average Bonchev–Trinajstić information content (AvgIpc) is 3.64. The van der Waals surface area contributed by atoms with Gasteiger partial charge in [0.15, 0.2) is 0 Å². The van der Waals surface area contributed by atoms with Gasteiger partial charge < -0.3 is 5.32 Å². The molecule has 2 aromatic rings. The molecule has 0 radical (unpaired) electrons. The highest BCUT2D eigenvalue weighted by Crippen LogP contribution is 2.65. The molecule has 1 spiro atoms. The van der Waals surface area contributed by atoms with Crippen LogP contribution in [0.25, 0.3) is 11.1 Å². The first kappa shape index (κ1) is 38.9. The highest BCUT2D eigenvalue weighted by atomic mass is 19.1. The summed E-state index contributed by atoms with van der Waals surface area (Å²) in [6, 6.07) is 8.03. The molecule has 2 aliphatic carbocycles. The van der Waals surface area contributed by atoms with Crippen LogP contribution < -0.4 is 5.32 Å². The molecule has 236 valence electrons. The molecule has 2 fully saturated rings. The van der Waals surface area contributed by atoms with E-state index in [0.717, 1.165) is 6.07 Å². The smallest absolute Gasteiger partial charge is 0.351 e. The SMILES string of the molecule is CC.CC(=O)NC(C)CF.CC(C)F.CC1CC2(CC2)C(C)C1Cc1cccc(-c2cc(F)cc(F)c2)c1F.O=C=O. The molecule has 4 atom stereocenters. The van der Waals surface area contributed by atoms with Crippen molar-refractivity contribution in [2.45, 2.75) is 93.3 Å². The third-order valence-corrected chi connectivity index (χ3v) is 7.35. The van der Waals surface area contributed by atoms with Gasteiger partial charge in [-0.1, -0.05) is 45.9 Å². The van der Waals surface area contributed by atoms with E-state index in [1.54, 1.807) is 19.1 Å². The van der Waals surface area contributed by atoms with Crippen LogP contribution in [0.5, 0.6) is 0 Å². The quantitative estimate of drug-likeness (QED) is 0.350. The van der Waals surface area contributed by atoms with Gasteiger partial charge in [-0.25, -0.2) is 22.0 Å². The number of hydrogen-bond acceptors (Lipinski definition) is 3. The van der Waals surface area contributed by atoms with E-state index in [0.29, 0.717) is 35.2 Å². The van der Waals surface area contributed by atoms with Crippen LogP contribution in [0.4, 0.5) is 22.0 Å². The van der Waals surface area contributed by atoms with Crippen LogP contribution in [0.15, 0.2) is 36.4 Å². The number of hydrogen-bond donors (Lipinski definition) is 1. The van der Waals surface area contributed by atoms with Gasteiger partial charge in [-0.15, -0.1) is 0 Å². The molecule has 0 heterocycles. The molecule has 42 heavy (non-hydrogen) atoms. The van der Waals surface area contributed by atoms with Crippen molar-refractivity contribution in [3.8, 4) is 11.1 Å². The Labute approximate surface area is 247 Å². The Morgan fingerprint density at radius 1 is 1.02 bits per heavy atom. The van der Waals surface area contributed by atoms with E-state index in [2.05, 4.69) is 19.2 Å². The number of nitrogens with one attached hydrogen (secondary N) is 1. The van der Waals surface area contributed by atoms with Gasteiger partial charge in [0.25, 0.3) is 0 Å². The van der Waals surface area contributed by atoms with Gasteiger partial charge in [-0.3, -0.25) is 4.79 Å². The standard InChI is InChI=1S/C22H23F3.C5H10FNO.C3H7F.C2H6.CO2/c1-13-12-22(6-7-22)14(2)20(13)10-15-4-3-5-19(21(15)25)16-8-17(23)11-18(24)9-16;1-4(3-6)7-5(2)8;1-3(2)4;1-2;2-1-3/h3-5,8-9,11,13-14,20H,6-7,10,12H2,1-2H3;4H,3H2,1-2H3,(H,7,8);3H,1-2H3;1-2H3;. The number of carbonyl (C=O) groups is 1. The molecule has 4 unspecified atom stereocenters. The predicted molar refractivity (Wildman–Crippen MR) is 155 cm³/mol. The van der Waals surface area contributed by atoms with E-state index in [1.807, 2.05) is 19.9 Å². The van der Waals surface area contributed by atoms with Crippen molar-refractivity contribution in [3.63, 3.8) is 0 Å². The zero-order valence-corrected chi connectivity index (χ0v) is 26.0. The van der Waals surface area contributed by atoms with E-state index >= 15 is 4.39 Å². The van der Waals surface area contributed by atoms with Crippen molar-refractivity contribution in [2.75, 3.05) is 6.67 Å². The van der Waals surface area contributed by atoms with Gasteiger partial charge in [-0.2, -0.15) is 9.59 Å². The van der Waals surface area contributed by atoms with E-state index < -0.39 is 24.5 Å². The number of carbonyl (C=O) groups excluding carboxylic acids is 3. The Bertz CT molecular complexity index is 1110. The third kappa shape index (κ3) is 12.8. The maximum absolute atomic E-state index is 15.1. The maximum Gasteiger partial charge on any atom is 0.373 e. The van der Waals surface area contributed by atoms with Crippen molar-refractivity contribution >= 4 is 12.1 Å². The van der Waals surface area contributed by atoms with Gasteiger partial charge >= 0.3 is 6.15 Å². The highest BCUT2D eigenvalue weighted by molar-refractivity contribution is 5.73. The Kier molecular flexibility index (Phi) is 17.8. The lowest BCUT2D eigenvalue weighted by molar-refractivity contribution is -0.191. The van der Waals surface area contributed by atoms with Gasteiger partial charge in [0, 0.05) is 18.6 Å². The Balaban J connectivity index is 0.000000823. The van der Waals surface area contributed by atoms with Gasteiger partial charge in [-0.05, 0) is 92.9 Å². The lowest BCUT2D eigenvalue weighted by Crippen LogP contribution is -2.31. The molecule has 0 saturated heterocycles. The minimum atomic E-state index is -0.687. The summed E-state index contributed by atoms with van der Waals surface area (Å²) in [5.74, 6) is -0.235. The molecule has 2 aromatic carbocycles. The molecular formula is C33H46F5NO3. The monoisotopic (exact) mass is 599 g/mol. The number of amides is 1. The summed E-state index contributed by atoms with van der Waals surface area (Å²) in [7, 11) is 0. The lowest BCUT2D eigenvalue weighted by Gasteiger charge is -2.23. The van der Waals surface area contributed by atoms with Crippen LogP contribution in [0.2, 0.25) is 0 Å². The van der Waals surface area contributed by atoms with Crippen molar-refractivity contribution in [2.24, 2.45) is 23.2 Å². The molecule has 0 aromatic heterocycles. The van der Waals surface area contributed by atoms with Crippen molar-refractivity contribution in [1.29, 1.82) is 0 Å². The number of rotatable bonds is 5. The zero-order chi connectivity index (χ0) is 32.6. The van der Waals surface area contributed by atoms with Crippen LogP contribution in [-0.2, 0) is 20.8 Å². The summed E-state index contributed by atoms with van der Waals surface area (Å²) in [6.07, 6.45) is 4.14. The fourth-order valence-corrected chi connectivity index (χ4v) is 5.43. The van der Waals surface area contributed by atoms with Gasteiger partial charge in [0.1, 0.15) is 24.1 Å². The van der Waals surface area contributed by atoms with Crippen LogP contribution in [-0.4, -0.2) is 30.9 Å². The van der Waals surface area contributed by atoms with Gasteiger partial charge in [0.05, 0.1) is 12.2 Å². The number of halogens is 5. The molecule has 2 aliphatic rings. The Hall–Kier alpha value is -3.06. The van der Waals surface area contributed by atoms with E-state index in [-0.39, 0.29) is 35.0 Å². The van der Waals surface area contributed by atoms with Crippen LogP contribution in [0.3, 0.4) is 0 Å². The first-order valence-electron chi connectivity index (χ1n) is 14.4. The van der Waals surface area contributed by atoms with Gasteiger partial charge in [0.2, 0.25) is 5.91 Å². The van der Waals surface area contributed by atoms with Crippen molar-refractivity contribution in [3.05, 3.63) is 59.4 Å². The third-order valence-electron chi connectivity index (χ3n) is 7.35. The van der Waals surface area contributed by atoms with E-state index in [4.69, 9.17) is 9.59 Å². The number of benzene rings is 2. The Morgan fingerprint density at radius 2 is 1.52 bits per heavy atom. The van der Waals surface area contributed by atoms with Crippen molar-refractivity contribution < 1.29 is 36.3 Å². The fraction of sp³-hybridized carbons (Fsp3) is 0.576. The molecule has 0 bridgehead atoms. The lowest BCUT2D eigenvalue weighted by atomic mass is 9.82. The highest BCUT2D eigenvalue weighted by Gasteiger charge is 2.56. The summed E-state index contributed by atoms with van der Waals surface area (Å²) in [4.78, 5) is 26.4. The maximum atomic E-state index is 15.1. The summed E-state index contributed by atoms with van der Waals surface area (Å²) in [5, 5.41) is 2.38. The zero-order valence-electron chi connectivity index (χ0n) is 26.0. The largest absolute Gasteiger partial charge is 0.373 e. The van der Waals surface area contributed by atoms with Crippen molar-refractivity contribution in [1.82, 2.24) is 5.32 Å². The van der Waals surface area contributed by atoms with Crippen LogP contribution >= 0.6 is 0 Å². The summed E-state index contributed by atoms with van der Waals surface area (Å²) in [6.45, 7) is 14.1. The Morgan fingerprint density at radius 3 is 1.90 bits per heavy atom. The fourth-order valence-electron chi connectivity index (χ4n) is 5.43.